The molecule has 0 saturated carbocycles. The number of hydrogen-bond donors (Lipinski definition) is 0. The molecule has 0 aliphatic carbocycles. The lowest BCUT2D eigenvalue weighted by Gasteiger charge is -2.34. The Balaban J connectivity index is 1.40. The standard InChI is InChI=1S/C18H29N3/c1-2-6-12-20(11-5-1)15-17-8-13-21(14-9-17)16-18-7-3-4-10-19-18/h3-4,7,10,17H,1-2,5-6,8-9,11-16H2. The van der Waals surface area contributed by atoms with E-state index in [1.54, 1.807) is 0 Å². The number of likely N-dealkylation sites (tertiary alicyclic amines) is 2. The largest absolute Gasteiger partial charge is 0.303 e. The van der Waals surface area contributed by atoms with E-state index in [-0.39, 0.29) is 0 Å². The second kappa shape index (κ2) is 7.90. The van der Waals surface area contributed by atoms with Gasteiger partial charge < -0.3 is 4.90 Å². The van der Waals surface area contributed by atoms with Gasteiger partial charge in [-0.1, -0.05) is 18.9 Å². The molecule has 2 saturated heterocycles. The van der Waals surface area contributed by atoms with Crippen LogP contribution in [0.4, 0.5) is 0 Å². The number of piperidine rings is 1. The Kier molecular flexibility index (Phi) is 5.64. The van der Waals surface area contributed by atoms with Gasteiger partial charge in [0.1, 0.15) is 0 Å². The number of hydrogen-bond acceptors (Lipinski definition) is 3. The summed E-state index contributed by atoms with van der Waals surface area (Å²) in [7, 11) is 0. The summed E-state index contributed by atoms with van der Waals surface area (Å²) in [6.45, 7) is 7.54. The van der Waals surface area contributed by atoms with Crippen LogP contribution in [-0.2, 0) is 6.54 Å². The molecule has 1 aromatic rings. The molecule has 1 aromatic heterocycles. The van der Waals surface area contributed by atoms with Crippen molar-refractivity contribution in [2.75, 3.05) is 32.7 Å². The summed E-state index contributed by atoms with van der Waals surface area (Å²) in [5.74, 6) is 0.920. The van der Waals surface area contributed by atoms with Gasteiger partial charge in [-0.2, -0.15) is 0 Å². The highest BCUT2D eigenvalue weighted by atomic mass is 15.2. The second-order valence-electron chi connectivity index (χ2n) is 6.76. The van der Waals surface area contributed by atoms with Gasteiger partial charge in [0, 0.05) is 19.3 Å². The summed E-state index contributed by atoms with van der Waals surface area (Å²) in [5.41, 5.74) is 1.21. The fraction of sp³-hybridized carbons (Fsp3) is 0.722. The molecule has 0 radical (unpaired) electrons. The maximum absolute atomic E-state index is 4.45. The van der Waals surface area contributed by atoms with Crippen molar-refractivity contribution in [2.45, 2.75) is 45.1 Å². The van der Waals surface area contributed by atoms with Crippen LogP contribution in [0.1, 0.15) is 44.2 Å². The van der Waals surface area contributed by atoms with Crippen molar-refractivity contribution in [3.8, 4) is 0 Å². The van der Waals surface area contributed by atoms with Crippen molar-refractivity contribution in [1.82, 2.24) is 14.8 Å². The minimum absolute atomic E-state index is 0.920. The molecule has 0 atom stereocenters. The summed E-state index contributed by atoms with van der Waals surface area (Å²) < 4.78 is 0. The van der Waals surface area contributed by atoms with E-state index in [0.717, 1.165) is 12.5 Å². The number of pyridine rings is 1. The minimum Gasteiger partial charge on any atom is -0.303 e. The number of nitrogens with zero attached hydrogens (tertiary/aromatic N) is 3. The van der Waals surface area contributed by atoms with Gasteiger partial charge in [-0.15, -0.1) is 0 Å². The van der Waals surface area contributed by atoms with E-state index < -0.39 is 0 Å². The van der Waals surface area contributed by atoms with E-state index in [1.165, 1.54) is 76.9 Å². The van der Waals surface area contributed by atoms with Crippen LogP contribution < -0.4 is 0 Å². The van der Waals surface area contributed by atoms with Crippen LogP contribution in [0.25, 0.3) is 0 Å². The van der Waals surface area contributed by atoms with E-state index in [9.17, 15) is 0 Å². The van der Waals surface area contributed by atoms with Gasteiger partial charge in [0.2, 0.25) is 0 Å². The topological polar surface area (TPSA) is 19.4 Å². The van der Waals surface area contributed by atoms with E-state index >= 15 is 0 Å². The zero-order valence-corrected chi connectivity index (χ0v) is 13.2. The molecule has 3 heteroatoms. The highest BCUT2D eigenvalue weighted by Crippen LogP contribution is 2.21. The highest BCUT2D eigenvalue weighted by molar-refractivity contribution is 5.03. The van der Waals surface area contributed by atoms with Gasteiger partial charge >= 0.3 is 0 Å². The van der Waals surface area contributed by atoms with Crippen molar-refractivity contribution >= 4 is 0 Å². The Labute approximate surface area is 129 Å². The molecule has 3 rings (SSSR count). The molecule has 2 fully saturated rings. The van der Waals surface area contributed by atoms with Gasteiger partial charge in [0.05, 0.1) is 5.69 Å². The van der Waals surface area contributed by atoms with Crippen LogP contribution in [0.2, 0.25) is 0 Å². The lowest BCUT2D eigenvalue weighted by molar-refractivity contribution is 0.139. The Morgan fingerprint density at radius 3 is 2.33 bits per heavy atom. The Hall–Kier alpha value is -0.930. The van der Waals surface area contributed by atoms with Crippen molar-refractivity contribution in [3.63, 3.8) is 0 Å². The fourth-order valence-electron chi connectivity index (χ4n) is 3.73. The van der Waals surface area contributed by atoms with Crippen molar-refractivity contribution in [3.05, 3.63) is 30.1 Å². The second-order valence-corrected chi connectivity index (χ2v) is 6.76. The molecule has 0 unspecified atom stereocenters. The van der Waals surface area contributed by atoms with Crippen LogP contribution in [0.3, 0.4) is 0 Å². The van der Waals surface area contributed by atoms with Gasteiger partial charge in [0.15, 0.2) is 0 Å². The Morgan fingerprint density at radius 2 is 1.67 bits per heavy atom. The van der Waals surface area contributed by atoms with E-state index in [0.29, 0.717) is 0 Å². The molecule has 0 amide bonds. The summed E-state index contributed by atoms with van der Waals surface area (Å²) in [6, 6.07) is 6.23. The first kappa shape index (κ1) is 15.0. The lowest BCUT2D eigenvalue weighted by Crippen LogP contribution is -2.38. The molecule has 0 N–H and O–H groups in total. The lowest BCUT2D eigenvalue weighted by atomic mass is 9.96. The van der Waals surface area contributed by atoms with Gasteiger partial charge in [-0.3, -0.25) is 9.88 Å². The highest BCUT2D eigenvalue weighted by Gasteiger charge is 2.22. The third-order valence-corrected chi connectivity index (χ3v) is 5.03. The maximum Gasteiger partial charge on any atom is 0.0543 e. The molecule has 2 aliphatic heterocycles. The Bertz CT molecular complexity index is 390. The molecule has 0 aromatic carbocycles. The molecule has 2 aliphatic rings. The normalized spacial score (nSPS) is 23.0. The van der Waals surface area contributed by atoms with Crippen molar-refractivity contribution in [2.24, 2.45) is 5.92 Å². The summed E-state index contributed by atoms with van der Waals surface area (Å²) >= 11 is 0. The number of rotatable bonds is 4. The smallest absolute Gasteiger partial charge is 0.0543 e. The van der Waals surface area contributed by atoms with Crippen LogP contribution in [-0.4, -0.2) is 47.5 Å². The van der Waals surface area contributed by atoms with Crippen LogP contribution >= 0.6 is 0 Å². The maximum atomic E-state index is 4.45. The van der Waals surface area contributed by atoms with Gasteiger partial charge in [-0.25, -0.2) is 0 Å². The van der Waals surface area contributed by atoms with Crippen LogP contribution in [0.15, 0.2) is 24.4 Å². The summed E-state index contributed by atoms with van der Waals surface area (Å²) in [5, 5.41) is 0. The van der Waals surface area contributed by atoms with Crippen LogP contribution in [0, 0.1) is 5.92 Å². The molecular weight excluding hydrogens is 258 g/mol. The first-order valence-electron chi connectivity index (χ1n) is 8.75. The Morgan fingerprint density at radius 1 is 0.905 bits per heavy atom. The molecular formula is C18H29N3. The van der Waals surface area contributed by atoms with E-state index in [2.05, 4.69) is 26.9 Å². The molecule has 3 heterocycles. The van der Waals surface area contributed by atoms with Crippen LogP contribution in [0.5, 0.6) is 0 Å². The first-order chi connectivity index (χ1) is 10.4. The average Bonchev–Trinajstić information content (AvgIpc) is 2.79. The fourth-order valence-corrected chi connectivity index (χ4v) is 3.73. The molecule has 116 valence electrons. The third-order valence-electron chi connectivity index (χ3n) is 5.03. The predicted octanol–water partition coefficient (Wildman–Crippen LogP) is 3.17. The zero-order valence-electron chi connectivity index (χ0n) is 13.2. The third kappa shape index (κ3) is 4.79. The average molecular weight is 287 g/mol. The molecule has 21 heavy (non-hydrogen) atoms. The van der Waals surface area contributed by atoms with E-state index in [1.807, 2.05) is 12.3 Å². The minimum atomic E-state index is 0.920. The van der Waals surface area contributed by atoms with Crippen molar-refractivity contribution < 1.29 is 0 Å². The van der Waals surface area contributed by atoms with Gasteiger partial charge in [-0.05, 0) is 69.9 Å². The molecule has 3 nitrogen and oxygen atoms in total. The van der Waals surface area contributed by atoms with E-state index in [4.69, 9.17) is 0 Å². The SMILES string of the molecule is c1ccc(CN2CCC(CN3CCCCCC3)CC2)nc1. The quantitative estimate of drug-likeness (QED) is 0.848. The van der Waals surface area contributed by atoms with Gasteiger partial charge in [0.25, 0.3) is 0 Å². The summed E-state index contributed by atoms with van der Waals surface area (Å²) in [4.78, 5) is 9.74. The first-order valence-corrected chi connectivity index (χ1v) is 8.75. The number of aromatic nitrogens is 1. The molecule has 0 bridgehead atoms. The summed E-state index contributed by atoms with van der Waals surface area (Å²) in [6.07, 6.45) is 10.4. The zero-order chi connectivity index (χ0) is 14.3. The van der Waals surface area contributed by atoms with Crippen molar-refractivity contribution in [1.29, 1.82) is 0 Å². The molecule has 0 spiro atoms. The predicted molar refractivity (Wildman–Crippen MR) is 87.1 cm³/mol. The monoisotopic (exact) mass is 287 g/mol.